The number of nitrogens with zero attached hydrogens (tertiary/aromatic N) is 1. The molecule has 0 aliphatic heterocycles. The maximum atomic E-state index is 2.52. The second-order valence-corrected chi connectivity index (χ2v) is 16.9. The minimum absolute atomic E-state index is 0.0702. The molecule has 0 N–H and O–H groups in total. The number of hydrogen-bond acceptors (Lipinski definition) is 2. The van der Waals surface area contributed by atoms with Crippen LogP contribution >= 0.6 is 11.3 Å². The van der Waals surface area contributed by atoms with E-state index in [1.807, 2.05) is 11.3 Å². The molecule has 6 aromatic carbocycles. The van der Waals surface area contributed by atoms with Crippen LogP contribution in [0.4, 0.5) is 17.1 Å². The molecule has 9 rings (SSSR count). The lowest BCUT2D eigenvalue weighted by Crippen LogP contribution is -2.17. The summed E-state index contributed by atoms with van der Waals surface area (Å²) >= 11 is 1.93. The van der Waals surface area contributed by atoms with Crippen LogP contribution in [-0.4, -0.2) is 0 Å². The zero-order valence-corrected chi connectivity index (χ0v) is 29.5. The first-order valence-corrected chi connectivity index (χ1v) is 18.0. The third kappa shape index (κ3) is 4.35. The Morgan fingerprint density at radius 3 is 1.81 bits per heavy atom. The van der Waals surface area contributed by atoms with E-state index in [1.54, 1.807) is 0 Å². The molecule has 0 unspecified atom stereocenters. The fourth-order valence-electron chi connectivity index (χ4n) is 9.08. The molecule has 0 saturated heterocycles. The van der Waals surface area contributed by atoms with Crippen molar-refractivity contribution in [3.8, 4) is 22.3 Å². The zero-order valence-electron chi connectivity index (χ0n) is 28.7. The number of anilines is 3. The van der Waals surface area contributed by atoms with Crippen LogP contribution < -0.4 is 4.90 Å². The van der Waals surface area contributed by atoms with Gasteiger partial charge in [-0.1, -0.05) is 114 Å². The van der Waals surface area contributed by atoms with Crippen molar-refractivity contribution >= 4 is 48.6 Å². The monoisotopic (exact) mass is 639 g/mol. The number of thiophene rings is 1. The second kappa shape index (κ2) is 10.2. The van der Waals surface area contributed by atoms with E-state index in [4.69, 9.17) is 0 Å². The van der Waals surface area contributed by atoms with Crippen LogP contribution in [-0.2, 0) is 16.2 Å². The third-order valence-corrected chi connectivity index (χ3v) is 12.4. The van der Waals surface area contributed by atoms with Crippen molar-refractivity contribution < 1.29 is 0 Å². The molecule has 0 saturated carbocycles. The largest absolute Gasteiger partial charge is 0.310 e. The molecule has 0 spiro atoms. The standard InChI is InChI=1S/C46H41NS/c1-44(2)28-45(3,4)41-27-43-37(26-40(41)44)36-24-32(21-23-42(36)48-43)47(31-18-16-30(17-19-31)29-12-8-7-9-13-29)33-20-22-35-34-14-10-11-15-38(34)46(5,6)39(35)25-33/h7-27H,28H2,1-6H3. The van der Waals surface area contributed by atoms with Gasteiger partial charge in [0.1, 0.15) is 0 Å². The molecule has 2 aliphatic carbocycles. The summed E-state index contributed by atoms with van der Waals surface area (Å²) in [5, 5.41) is 2.72. The highest BCUT2D eigenvalue weighted by molar-refractivity contribution is 7.25. The van der Waals surface area contributed by atoms with Crippen LogP contribution in [0.3, 0.4) is 0 Å². The number of rotatable bonds is 4. The Balaban J connectivity index is 1.23. The highest BCUT2D eigenvalue weighted by atomic mass is 32.1. The van der Waals surface area contributed by atoms with E-state index in [9.17, 15) is 0 Å². The summed E-state index contributed by atoms with van der Waals surface area (Å²) < 4.78 is 2.74. The van der Waals surface area contributed by atoms with E-state index in [2.05, 4.69) is 174 Å². The van der Waals surface area contributed by atoms with Crippen molar-refractivity contribution in [2.45, 2.75) is 64.2 Å². The van der Waals surface area contributed by atoms with E-state index in [0.717, 1.165) is 5.69 Å². The van der Waals surface area contributed by atoms with Crippen LogP contribution in [0.5, 0.6) is 0 Å². The van der Waals surface area contributed by atoms with Crippen molar-refractivity contribution in [2.24, 2.45) is 0 Å². The highest BCUT2D eigenvalue weighted by Gasteiger charge is 2.42. The SMILES string of the molecule is CC1(C)CC(C)(C)c2cc3c(cc21)sc1ccc(N(c2ccc(-c4ccccc4)cc2)c2ccc4c(c2)C(C)(C)c2ccccc2-4)cc13. The molecule has 236 valence electrons. The minimum atomic E-state index is -0.0702. The summed E-state index contributed by atoms with van der Waals surface area (Å²) in [5.74, 6) is 0. The summed E-state index contributed by atoms with van der Waals surface area (Å²) in [7, 11) is 0. The van der Waals surface area contributed by atoms with Crippen LogP contribution in [0.25, 0.3) is 42.4 Å². The van der Waals surface area contributed by atoms with Gasteiger partial charge in [-0.15, -0.1) is 11.3 Å². The van der Waals surface area contributed by atoms with Crippen LogP contribution in [0.15, 0.2) is 127 Å². The van der Waals surface area contributed by atoms with Gasteiger partial charge < -0.3 is 4.90 Å². The summed E-state index contributed by atoms with van der Waals surface area (Å²) in [4.78, 5) is 2.46. The van der Waals surface area contributed by atoms with Crippen molar-refractivity contribution in [3.05, 3.63) is 150 Å². The van der Waals surface area contributed by atoms with Gasteiger partial charge in [0, 0.05) is 42.6 Å². The first-order chi connectivity index (χ1) is 23.0. The molecule has 0 radical (unpaired) electrons. The Labute approximate surface area is 288 Å². The van der Waals surface area contributed by atoms with E-state index in [0.29, 0.717) is 0 Å². The van der Waals surface area contributed by atoms with Crippen LogP contribution in [0.2, 0.25) is 0 Å². The predicted octanol–water partition coefficient (Wildman–Crippen LogP) is 13.5. The van der Waals surface area contributed by atoms with Crippen molar-refractivity contribution in [1.82, 2.24) is 0 Å². The summed E-state index contributed by atoms with van der Waals surface area (Å²) in [6.07, 6.45) is 1.18. The average Bonchev–Trinajstić information content (AvgIpc) is 3.62. The molecule has 1 nitrogen and oxygen atoms in total. The van der Waals surface area contributed by atoms with Gasteiger partial charge in [0.05, 0.1) is 0 Å². The van der Waals surface area contributed by atoms with Gasteiger partial charge in [0.25, 0.3) is 0 Å². The molecule has 2 aliphatic rings. The Morgan fingerprint density at radius 2 is 1.04 bits per heavy atom. The normalized spacial score (nSPS) is 16.5. The van der Waals surface area contributed by atoms with E-state index in [1.165, 1.54) is 82.5 Å². The predicted molar refractivity (Wildman–Crippen MR) is 208 cm³/mol. The Bertz CT molecular complexity index is 2390. The maximum absolute atomic E-state index is 2.52. The van der Waals surface area contributed by atoms with Gasteiger partial charge in [0.15, 0.2) is 0 Å². The average molecular weight is 640 g/mol. The smallest absolute Gasteiger partial charge is 0.0468 e. The van der Waals surface area contributed by atoms with Gasteiger partial charge in [-0.2, -0.15) is 0 Å². The topological polar surface area (TPSA) is 3.24 Å². The van der Waals surface area contributed by atoms with Crippen molar-refractivity contribution in [2.75, 3.05) is 4.90 Å². The van der Waals surface area contributed by atoms with Gasteiger partial charge >= 0.3 is 0 Å². The first-order valence-electron chi connectivity index (χ1n) is 17.2. The quantitative estimate of drug-likeness (QED) is 0.185. The fourth-order valence-corrected chi connectivity index (χ4v) is 10.2. The molecule has 48 heavy (non-hydrogen) atoms. The van der Waals surface area contributed by atoms with Crippen molar-refractivity contribution in [1.29, 1.82) is 0 Å². The Morgan fingerprint density at radius 1 is 0.458 bits per heavy atom. The van der Waals surface area contributed by atoms with E-state index >= 15 is 0 Å². The Hall–Kier alpha value is -4.66. The molecular weight excluding hydrogens is 599 g/mol. The van der Waals surface area contributed by atoms with Gasteiger partial charge in [-0.05, 0) is 116 Å². The van der Waals surface area contributed by atoms with E-state index in [-0.39, 0.29) is 16.2 Å². The molecular formula is C46H41NS. The van der Waals surface area contributed by atoms with Gasteiger partial charge in [-0.25, -0.2) is 0 Å². The lowest BCUT2D eigenvalue weighted by molar-refractivity contribution is 0.403. The molecule has 0 amide bonds. The summed E-state index contributed by atoms with van der Waals surface area (Å²) in [5.41, 5.74) is 14.8. The molecule has 2 heteroatoms. The lowest BCUT2D eigenvalue weighted by Gasteiger charge is -2.28. The minimum Gasteiger partial charge on any atom is -0.310 e. The molecule has 0 bridgehead atoms. The van der Waals surface area contributed by atoms with Gasteiger partial charge in [-0.3, -0.25) is 0 Å². The molecule has 0 fully saturated rings. The first kappa shape index (κ1) is 29.5. The number of hydrogen-bond donors (Lipinski definition) is 0. The van der Waals surface area contributed by atoms with Crippen LogP contribution in [0, 0.1) is 0 Å². The molecule has 1 heterocycles. The van der Waals surface area contributed by atoms with Crippen molar-refractivity contribution in [3.63, 3.8) is 0 Å². The summed E-state index contributed by atoms with van der Waals surface area (Å²) in [6.45, 7) is 14.4. The molecule has 0 atom stereocenters. The third-order valence-electron chi connectivity index (χ3n) is 11.3. The zero-order chi connectivity index (χ0) is 33.0. The molecule has 7 aromatic rings. The van der Waals surface area contributed by atoms with Crippen LogP contribution in [0.1, 0.15) is 70.2 Å². The highest BCUT2D eigenvalue weighted by Crippen LogP contribution is 2.53. The van der Waals surface area contributed by atoms with E-state index < -0.39 is 0 Å². The maximum Gasteiger partial charge on any atom is 0.0468 e. The number of benzene rings is 6. The summed E-state index contributed by atoms with van der Waals surface area (Å²) in [6, 6.07) is 47.9. The van der Waals surface area contributed by atoms with Gasteiger partial charge in [0.2, 0.25) is 0 Å². The molecule has 1 aromatic heterocycles. The lowest BCUT2D eigenvalue weighted by atomic mass is 9.82. The fraction of sp³-hybridized carbons (Fsp3) is 0.217. The number of fused-ring (bicyclic) bond motifs is 7. The second-order valence-electron chi connectivity index (χ2n) is 15.8. The Kier molecular flexibility index (Phi) is 6.25.